The number of aryl methyl sites for hydroxylation is 2. The molecule has 1 aliphatic rings. The highest BCUT2D eigenvalue weighted by Crippen LogP contribution is 2.38. The number of hydrogen-bond acceptors (Lipinski definition) is 3. The fourth-order valence-electron chi connectivity index (χ4n) is 3.69. The molecule has 1 aromatic heterocycles. The average Bonchev–Trinajstić information content (AvgIpc) is 2.83. The highest BCUT2D eigenvalue weighted by molar-refractivity contribution is 7.17. The van der Waals surface area contributed by atoms with Gasteiger partial charge in [0.05, 0.1) is 5.56 Å². The summed E-state index contributed by atoms with van der Waals surface area (Å²) in [6, 6.07) is 7.54. The van der Waals surface area contributed by atoms with Crippen molar-refractivity contribution in [2.75, 3.05) is 18.4 Å². The van der Waals surface area contributed by atoms with E-state index in [0.29, 0.717) is 23.7 Å². The van der Waals surface area contributed by atoms with Crippen LogP contribution in [0.1, 0.15) is 69.8 Å². The summed E-state index contributed by atoms with van der Waals surface area (Å²) in [6.07, 6.45) is 5.38. The van der Waals surface area contributed by atoms with E-state index in [4.69, 9.17) is 0 Å². The minimum Gasteiger partial charge on any atom is -0.339 e. The van der Waals surface area contributed by atoms with Gasteiger partial charge in [0, 0.05) is 23.5 Å². The lowest BCUT2D eigenvalue weighted by Gasteiger charge is -2.20. The second-order valence-corrected chi connectivity index (χ2v) is 8.17. The Morgan fingerprint density at radius 3 is 2.56 bits per heavy atom. The van der Waals surface area contributed by atoms with Gasteiger partial charge in [-0.2, -0.15) is 0 Å². The molecule has 2 aromatic rings. The van der Waals surface area contributed by atoms with E-state index in [0.717, 1.165) is 42.4 Å². The lowest BCUT2D eigenvalue weighted by Crippen LogP contribution is -2.31. The summed E-state index contributed by atoms with van der Waals surface area (Å²) in [5.41, 5.74) is 3.56. The summed E-state index contributed by atoms with van der Waals surface area (Å²) < 4.78 is 0. The Bertz CT molecular complexity index is 837. The monoisotopic (exact) mass is 384 g/mol. The maximum atomic E-state index is 13.2. The normalized spacial score (nSPS) is 13.6. The van der Waals surface area contributed by atoms with Crippen molar-refractivity contribution in [3.63, 3.8) is 0 Å². The van der Waals surface area contributed by atoms with Crippen LogP contribution in [0.3, 0.4) is 0 Å². The predicted octanol–water partition coefficient (Wildman–Crippen LogP) is 5.06. The molecular weight excluding hydrogens is 356 g/mol. The summed E-state index contributed by atoms with van der Waals surface area (Å²) in [7, 11) is 0. The van der Waals surface area contributed by atoms with Gasteiger partial charge in [-0.15, -0.1) is 11.3 Å². The molecule has 0 saturated carbocycles. The number of rotatable bonds is 5. The molecular formula is C22H28N2O2S. The lowest BCUT2D eigenvalue weighted by atomic mass is 10.0. The van der Waals surface area contributed by atoms with Crippen LogP contribution in [0.5, 0.6) is 0 Å². The number of benzene rings is 1. The summed E-state index contributed by atoms with van der Waals surface area (Å²) in [5, 5.41) is 3.76. The van der Waals surface area contributed by atoms with E-state index in [9.17, 15) is 9.59 Å². The molecule has 0 fully saturated rings. The molecule has 4 nitrogen and oxygen atoms in total. The highest BCUT2D eigenvalue weighted by Gasteiger charge is 2.28. The van der Waals surface area contributed by atoms with Crippen molar-refractivity contribution in [3.05, 3.63) is 51.4 Å². The summed E-state index contributed by atoms with van der Waals surface area (Å²) in [5.74, 6) is -0.109. The van der Waals surface area contributed by atoms with Gasteiger partial charge in [0.25, 0.3) is 11.8 Å². The molecule has 3 rings (SSSR count). The van der Waals surface area contributed by atoms with Crippen molar-refractivity contribution < 1.29 is 9.59 Å². The molecule has 0 atom stereocenters. The van der Waals surface area contributed by atoms with Crippen LogP contribution < -0.4 is 5.32 Å². The van der Waals surface area contributed by atoms with E-state index in [2.05, 4.69) is 5.32 Å². The first-order valence-corrected chi connectivity index (χ1v) is 10.7. The Kier molecular flexibility index (Phi) is 6.32. The number of carbonyl (C=O) groups excluding carboxylic acids is 2. The Morgan fingerprint density at radius 2 is 1.85 bits per heavy atom. The van der Waals surface area contributed by atoms with Crippen LogP contribution in [0.2, 0.25) is 0 Å². The largest absolute Gasteiger partial charge is 0.339 e. The molecule has 0 bridgehead atoms. The first-order valence-electron chi connectivity index (χ1n) is 9.87. The zero-order valence-electron chi connectivity index (χ0n) is 16.4. The number of amides is 2. The maximum absolute atomic E-state index is 13.2. The third kappa shape index (κ3) is 4.24. The SMILES string of the molecule is CCN(CC)C(=O)c1c(NC(=O)c2cccc(C)c2)sc2c1CCCCC2. The van der Waals surface area contributed by atoms with Gasteiger partial charge in [0.2, 0.25) is 0 Å². The number of carbonyl (C=O) groups is 2. The van der Waals surface area contributed by atoms with Crippen LogP contribution in [0.4, 0.5) is 5.00 Å². The van der Waals surface area contributed by atoms with E-state index in [1.54, 1.807) is 11.3 Å². The minimum absolute atomic E-state index is 0.0407. The van der Waals surface area contributed by atoms with Crippen LogP contribution in [0.15, 0.2) is 24.3 Å². The van der Waals surface area contributed by atoms with E-state index in [1.165, 1.54) is 11.3 Å². The van der Waals surface area contributed by atoms with Gasteiger partial charge in [-0.25, -0.2) is 0 Å². The highest BCUT2D eigenvalue weighted by atomic mass is 32.1. The Hall–Kier alpha value is -2.14. The maximum Gasteiger partial charge on any atom is 0.257 e. The zero-order chi connectivity index (χ0) is 19.4. The molecule has 0 spiro atoms. The van der Waals surface area contributed by atoms with Crippen LogP contribution in [0, 0.1) is 6.92 Å². The van der Waals surface area contributed by atoms with Gasteiger partial charge in [-0.05, 0) is 64.2 Å². The summed E-state index contributed by atoms with van der Waals surface area (Å²) in [6.45, 7) is 7.31. The van der Waals surface area contributed by atoms with Gasteiger partial charge in [0.1, 0.15) is 5.00 Å². The lowest BCUT2D eigenvalue weighted by molar-refractivity contribution is 0.0773. The standard InChI is InChI=1S/C22H28N2O2S/c1-4-24(5-2)22(26)19-17-12-7-6-8-13-18(17)27-21(19)23-20(25)16-11-9-10-15(3)14-16/h9-11,14H,4-8,12-13H2,1-3H3,(H,23,25). The van der Waals surface area contributed by atoms with Crippen molar-refractivity contribution in [1.82, 2.24) is 4.90 Å². The van der Waals surface area contributed by atoms with Gasteiger partial charge >= 0.3 is 0 Å². The van der Waals surface area contributed by atoms with E-state index >= 15 is 0 Å². The van der Waals surface area contributed by atoms with E-state index < -0.39 is 0 Å². The van der Waals surface area contributed by atoms with Gasteiger partial charge < -0.3 is 10.2 Å². The fraction of sp³-hybridized carbons (Fsp3) is 0.455. The van der Waals surface area contributed by atoms with Gasteiger partial charge in [0.15, 0.2) is 0 Å². The number of thiophene rings is 1. The van der Waals surface area contributed by atoms with Crippen molar-refractivity contribution in [2.24, 2.45) is 0 Å². The molecule has 27 heavy (non-hydrogen) atoms. The number of fused-ring (bicyclic) bond motifs is 1. The second kappa shape index (κ2) is 8.70. The second-order valence-electron chi connectivity index (χ2n) is 7.07. The summed E-state index contributed by atoms with van der Waals surface area (Å²) >= 11 is 1.59. The van der Waals surface area contributed by atoms with Crippen LogP contribution in [0.25, 0.3) is 0 Å². The third-order valence-electron chi connectivity index (χ3n) is 5.19. The molecule has 0 unspecified atom stereocenters. The molecule has 1 N–H and O–H groups in total. The van der Waals surface area contributed by atoms with Crippen molar-refractivity contribution >= 4 is 28.2 Å². The molecule has 144 valence electrons. The third-order valence-corrected chi connectivity index (χ3v) is 6.40. The van der Waals surface area contributed by atoms with Gasteiger partial charge in [-0.1, -0.05) is 24.1 Å². The zero-order valence-corrected chi connectivity index (χ0v) is 17.2. The molecule has 0 radical (unpaired) electrons. The molecule has 0 aliphatic heterocycles. The quantitative estimate of drug-likeness (QED) is 0.733. The molecule has 1 heterocycles. The summed E-state index contributed by atoms with van der Waals surface area (Å²) in [4.78, 5) is 29.1. The van der Waals surface area contributed by atoms with E-state index in [-0.39, 0.29) is 11.8 Å². The molecule has 2 amide bonds. The fourth-order valence-corrected chi connectivity index (χ4v) is 4.96. The Morgan fingerprint density at radius 1 is 1.11 bits per heavy atom. The van der Waals surface area contributed by atoms with Crippen LogP contribution >= 0.6 is 11.3 Å². The van der Waals surface area contributed by atoms with Crippen LogP contribution in [-0.2, 0) is 12.8 Å². The average molecular weight is 385 g/mol. The van der Waals surface area contributed by atoms with Crippen LogP contribution in [-0.4, -0.2) is 29.8 Å². The Labute approximate surface area is 165 Å². The Balaban J connectivity index is 1.98. The molecule has 0 saturated heterocycles. The first kappa shape index (κ1) is 19.6. The molecule has 1 aliphatic carbocycles. The number of hydrogen-bond donors (Lipinski definition) is 1. The smallest absolute Gasteiger partial charge is 0.257 e. The minimum atomic E-state index is -0.149. The number of nitrogens with zero attached hydrogens (tertiary/aromatic N) is 1. The van der Waals surface area contributed by atoms with Gasteiger partial charge in [-0.3, -0.25) is 9.59 Å². The number of nitrogens with one attached hydrogen (secondary N) is 1. The molecule has 5 heteroatoms. The van der Waals surface area contributed by atoms with E-state index in [1.807, 2.05) is 49.9 Å². The first-order chi connectivity index (χ1) is 13.0. The molecule has 1 aromatic carbocycles. The predicted molar refractivity (Wildman–Crippen MR) is 112 cm³/mol. The number of anilines is 1. The van der Waals surface area contributed by atoms with Crippen molar-refractivity contribution in [3.8, 4) is 0 Å². The topological polar surface area (TPSA) is 49.4 Å². The van der Waals surface area contributed by atoms with Crippen molar-refractivity contribution in [1.29, 1.82) is 0 Å². The van der Waals surface area contributed by atoms with Crippen molar-refractivity contribution in [2.45, 2.75) is 52.9 Å².